The van der Waals surface area contributed by atoms with Gasteiger partial charge in [-0.3, -0.25) is 4.79 Å². The molecule has 21 heavy (non-hydrogen) atoms. The maximum atomic E-state index is 12.5. The van der Waals surface area contributed by atoms with Crippen molar-refractivity contribution in [3.63, 3.8) is 0 Å². The van der Waals surface area contributed by atoms with E-state index in [-0.39, 0.29) is 0 Å². The van der Waals surface area contributed by atoms with Gasteiger partial charge in [0.1, 0.15) is 5.82 Å². The van der Waals surface area contributed by atoms with Gasteiger partial charge in [0.2, 0.25) is 5.91 Å². The first-order valence-corrected chi connectivity index (χ1v) is 8.24. The van der Waals surface area contributed by atoms with E-state index in [1.54, 1.807) is 0 Å². The minimum absolute atomic E-state index is 0.328. The van der Waals surface area contributed by atoms with Crippen molar-refractivity contribution in [2.45, 2.75) is 51.5 Å². The summed E-state index contributed by atoms with van der Waals surface area (Å²) in [5.74, 6) is 1.93. The van der Waals surface area contributed by atoms with Crippen LogP contribution in [0.5, 0.6) is 0 Å². The van der Waals surface area contributed by atoms with E-state index >= 15 is 0 Å². The first-order chi connectivity index (χ1) is 10.3. The fourth-order valence-electron chi connectivity index (χ4n) is 3.58. The zero-order valence-corrected chi connectivity index (χ0v) is 12.9. The first-order valence-electron chi connectivity index (χ1n) is 8.24. The SMILES string of the molecule is CCc1nccn1[C@H]1CCCN(C(=O)C[C@H]2C=CCC2)C1. The molecular weight excluding hydrogens is 262 g/mol. The summed E-state index contributed by atoms with van der Waals surface area (Å²) in [6, 6.07) is 0.402. The fraction of sp³-hybridized carbons (Fsp3) is 0.647. The summed E-state index contributed by atoms with van der Waals surface area (Å²) in [5.41, 5.74) is 0. The quantitative estimate of drug-likeness (QED) is 0.799. The highest BCUT2D eigenvalue weighted by Crippen LogP contribution is 2.26. The first kappa shape index (κ1) is 14.4. The van der Waals surface area contributed by atoms with E-state index in [9.17, 15) is 4.79 Å². The van der Waals surface area contributed by atoms with Crippen molar-refractivity contribution in [1.82, 2.24) is 14.5 Å². The predicted octanol–water partition coefficient (Wildman–Crippen LogP) is 2.97. The number of carbonyl (C=O) groups excluding carboxylic acids is 1. The minimum Gasteiger partial charge on any atom is -0.341 e. The Morgan fingerprint density at radius 2 is 2.33 bits per heavy atom. The zero-order chi connectivity index (χ0) is 14.7. The molecule has 1 aliphatic heterocycles. The lowest BCUT2D eigenvalue weighted by Gasteiger charge is -2.34. The molecule has 0 radical (unpaired) electrons. The number of aryl methyl sites for hydroxylation is 1. The number of hydrogen-bond donors (Lipinski definition) is 0. The van der Waals surface area contributed by atoms with E-state index in [0.29, 0.717) is 24.3 Å². The van der Waals surface area contributed by atoms with Crippen LogP contribution in [0.2, 0.25) is 0 Å². The van der Waals surface area contributed by atoms with Gasteiger partial charge in [-0.05, 0) is 31.6 Å². The summed E-state index contributed by atoms with van der Waals surface area (Å²) in [6.45, 7) is 3.90. The highest BCUT2D eigenvalue weighted by molar-refractivity contribution is 5.76. The van der Waals surface area contributed by atoms with Gasteiger partial charge >= 0.3 is 0 Å². The lowest BCUT2D eigenvalue weighted by atomic mass is 10.0. The van der Waals surface area contributed by atoms with Crippen LogP contribution in [0.25, 0.3) is 0 Å². The average molecular weight is 287 g/mol. The van der Waals surface area contributed by atoms with Crippen molar-refractivity contribution in [1.29, 1.82) is 0 Å². The van der Waals surface area contributed by atoms with Crippen LogP contribution in [0, 0.1) is 5.92 Å². The van der Waals surface area contributed by atoms with Gasteiger partial charge in [0.05, 0.1) is 6.04 Å². The van der Waals surface area contributed by atoms with Gasteiger partial charge in [-0.1, -0.05) is 19.1 Å². The van der Waals surface area contributed by atoms with Gasteiger partial charge in [-0.15, -0.1) is 0 Å². The second-order valence-corrected chi connectivity index (χ2v) is 6.21. The molecule has 2 heterocycles. The predicted molar refractivity (Wildman–Crippen MR) is 82.9 cm³/mol. The number of aromatic nitrogens is 2. The molecule has 2 aliphatic rings. The second kappa shape index (κ2) is 6.46. The Morgan fingerprint density at radius 3 is 3.10 bits per heavy atom. The van der Waals surface area contributed by atoms with Gasteiger partial charge < -0.3 is 9.47 Å². The molecule has 1 aromatic heterocycles. The van der Waals surface area contributed by atoms with Crippen molar-refractivity contribution in [3.05, 3.63) is 30.4 Å². The molecule has 114 valence electrons. The molecule has 1 aromatic rings. The number of piperidine rings is 1. The van der Waals surface area contributed by atoms with Crippen molar-refractivity contribution in [2.75, 3.05) is 13.1 Å². The standard InChI is InChI=1S/C17H25N3O/c1-2-16-18-9-11-20(16)15-8-5-10-19(13-15)17(21)12-14-6-3-4-7-14/h3,6,9,11,14-15H,2,4-5,7-8,10,12-13H2,1H3/t14-,15-/m0/s1. The van der Waals surface area contributed by atoms with Crippen LogP contribution in [0.15, 0.2) is 24.5 Å². The van der Waals surface area contributed by atoms with E-state index in [1.807, 2.05) is 6.20 Å². The second-order valence-electron chi connectivity index (χ2n) is 6.21. The van der Waals surface area contributed by atoms with Crippen molar-refractivity contribution >= 4 is 5.91 Å². The maximum absolute atomic E-state index is 12.5. The van der Waals surface area contributed by atoms with Gasteiger partial charge in [0, 0.05) is 38.3 Å². The molecule has 1 fully saturated rings. The van der Waals surface area contributed by atoms with E-state index in [1.165, 1.54) is 0 Å². The van der Waals surface area contributed by atoms with E-state index < -0.39 is 0 Å². The smallest absolute Gasteiger partial charge is 0.223 e. The number of likely N-dealkylation sites (tertiary alicyclic amines) is 1. The number of amides is 1. The molecule has 0 N–H and O–H groups in total. The van der Waals surface area contributed by atoms with Crippen molar-refractivity contribution in [3.8, 4) is 0 Å². The van der Waals surface area contributed by atoms with Crippen LogP contribution in [-0.4, -0.2) is 33.4 Å². The molecule has 1 amide bonds. The maximum Gasteiger partial charge on any atom is 0.223 e. The third kappa shape index (κ3) is 3.20. The molecule has 0 saturated carbocycles. The van der Waals surface area contributed by atoms with E-state index in [4.69, 9.17) is 0 Å². The summed E-state index contributed by atoms with van der Waals surface area (Å²) in [6.07, 6.45) is 14.5. The molecule has 4 heteroatoms. The molecule has 3 rings (SSSR count). The normalized spacial score (nSPS) is 25.5. The number of nitrogens with zero attached hydrogens (tertiary/aromatic N) is 3. The number of rotatable bonds is 4. The monoisotopic (exact) mass is 287 g/mol. The highest BCUT2D eigenvalue weighted by atomic mass is 16.2. The molecule has 1 aliphatic carbocycles. The molecule has 0 bridgehead atoms. The van der Waals surface area contributed by atoms with Gasteiger partial charge in [-0.25, -0.2) is 4.98 Å². The largest absolute Gasteiger partial charge is 0.341 e. The van der Waals surface area contributed by atoms with Crippen LogP contribution < -0.4 is 0 Å². The lowest BCUT2D eigenvalue weighted by Crippen LogP contribution is -2.41. The van der Waals surface area contributed by atoms with E-state index in [2.05, 4.69) is 39.7 Å². The summed E-state index contributed by atoms with van der Waals surface area (Å²) >= 11 is 0. The van der Waals surface area contributed by atoms with Crippen molar-refractivity contribution in [2.24, 2.45) is 5.92 Å². The van der Waals surface area contributed by atoms with Crippen LogP contribution in [0.4, 0.5) is 0 Å². The molecule has 0 aromatic carbocycles. The van der Waals surface area contributed by atoms with Crippen molar-refractivity contribution < 1.29 is 4.79 Å². The number of carbonyl (C=O) groups is 1. The van der Waals surface area contributed by atoms with Crippen LogP contribution in [0.1, 0.15) is 50.9 Å². The molecule has 1 saturated heterocycles. The minimum atomic E-state index is 0.328. The summed E-state index contributed by atoms with van der Waals surface area (Å²) in [7, 11) is 0. The number of allylic oxidation sites excluding steroid dienone is 2. The summed E-state index contributed by atoms with van der Waals surface area (Å²) < 4.78 is 2.27. The Hall–Kier alpha value is -1.58. The molecule has 0 unspecified atom stereocenters. The Labute approximate surface area is 126 Å². The van der Waals surface area contributed by atoms with Gasteiger partial charge in [0.15, 0.2) is 0 Å². The Kier molecular flexibility index (Phi) is 4.42. The third-order valence-corrected chi connectivity index (χ3v) is 4.76. The third-order valence-electron chi connectivity index (χ3n) is 4.76. The molecule has 2 atom stereocenters. The Bertz CT molecular complexity index is 520. The van der Waals surface area contributed by atoms with Crippen LogP contribution in [-0.2, 0) is 11.2 Å². The molecular formula is C17H25N3O. The molecule has 0 spiro atoms. The average Bonchev–Trinajstić information content (AvgIpc) is 3.18. The number of imidazole rings is 1. The lowest BCUT2D eigenvalue weighted by molar-refractivity contribution is -0.133. The Balaban J connectivity index is 1.62. The fourth-order valence-corrected chi connectivity index (χ4v) is 3.58. The van der Waals surface area contributed by atoms with Crippen LogP contribution in [0.3, 0.4) is 0 Å². The van der Waals surface area contributed by atoms with E-state index in [0.717, 1.165) is 51.0 Å². The van der Waals surface area contributed by atoms with Gasteiger partial charge in [-0.2, -0.15) is 0 Å². The Morgan fingerprint density at radius 1 is 1.43 bits per heavy atom. The highest BCUT2D eigenvalue weighted by Gasteiger charge is 2.27. The van der Waals surface area contributed by atoms with Crippen LogP contribution >= 0.6 is 0 Å². The number of hydrogen-bond acceptors (Lipinski definition) is 2. The summed E-state index contributed by atoms with van der Waals surface area (Å²) in [5, 5.41) is 0. The van der Waals surface area contributed by atoms with Gasteiger partial charge in [0.25, 0.3) is 0 Å². The topological polar surface area (TPSA) is 38.1 Å². The molecule has 4 nitrogen and oxygen atoms in total. The zero-order valence-electron chi connectivity index (χ0n) is 12.9. The summed E-state index contributed by atoms with van der Waals surface area (Å²) in [4.78, 5) is 19.0.